The number of halogens is 1. The highest BCUT2D eigenvalue weighted by molar-refractivity contribution is 9.10. The average molecular weight is 296 g/mol. The van der Waals surface area contributed by atoms with Gasteiger partial charge in [-0.15, -0.1) is 0 Å². The van der Waals surface area contributed by atoms with Crippen LogP contribution in [0, 0.1) is 5.92 Å². The zero-order valence-electron chi connectivity index (χ0n) is 10.2. The minimum Gasteiger partial charge on any atom is -0.371 e. The van der Waals surface area contributed by atoms with Gasteiger partial charge in [-0.05, 0) is 37.0 Å². The summed E-state index contributed by atoms with van der Waals surface area (Å²) in [4.78, 5) is 13.4. The van der Waals surface area contributed by atoms with Crippen molar-refractivity contribution < 1.29 is 4.79 Å². The van der Waals surface area contributed by atoms with Crippen LogP contribution >= 0.6 is 15.9 Å². The minimum absolute atomic E-state index is 0.790. The Hall–Kier alpha value is -0.830. The van der Waals surface area contributed by atoms with E-state index in [9.17, 15) is 4.79 Å². The highest BCUT2D eigenvalue weighted by Crippen LogP contribution is 2.30. The second-order valence-electron chi connectivity index (χ2n) is 4.71. The summed E-state index contributed by atoms with van der Waals surface area (Å²) in [5, 5.41) is 0. The maximum absolute atomic E-state index is 11.1. The Balaban J connectivity index is 2.17. The Labute approximate surface area is 111 Å². The molecule has 1 aliphatic heterocycles. The zero-order chi connectivity index (χ0) is 12.3. The van der Waals surface area contributed by atoms with E-state index in [1.807, 2.05) is 12.1 Å². The van der Waals surface area contributed by atoms with Gasteiger partial charge >= 0.3 is 0 Å². The molecule has 1 aliphatic rings. The van der Waals surface area contributed by atoms with Gasteiger partial charge in [0.25, 0.3) is 0 Å². The Bertz CT molecular complexity index is 405. The standard InChI is InChI=1S/C14H18BrNO/c1-2-3-11-6-7-16(9-11)14-8-13(15)5-4-12(14)10-17/h4-5,8,10-11H,2-3,6-7,9H2,1H3. The number of carbonyl (C=O) groups excluding carboxylic acids is 1. The molecule has 1 aromatic rings. The van der Waals surface area contributed by atoms with Gasteiger partial charge in [-0.1, -0.05) is 29.3 Å². The van der Waals surface area contributed by atoms with E-state index in [1.165, 1.54) is 19.3 Å². The van der Waals surface area contributed by atoms with Crippen LogP contribution in [-0.4, -0.2) is 19.4 Å². The van der Waals surface area contributed by atoms with Crippen LogP contribution in [0.1, 0.15) is 36.5 Å². The van der Waals surface area contributed by atoms with Crippen molar-refractivity contribution in [2.75, 3.05) is 18.0 Å². The van der Waals surface area contributed by atoms with E-state index >= 15 is 0 Å². The first-order valence-electron chi connectivity index (χ1n) is 6.24. The Morgan fingerprint density at radius 3 is 3.06 bits per heavy atom. The monoisotopic (exact) mass is 295 g/mol. The lowest BCUT2D eigenvalue weighted by atomic mass is 10.0. The minimum atomic E-state index is 0.790. The maximum Gasteiger partial charge on any atom is 0.152 e. The Morgan fingerprint density at radius 2 is 2.35 bits per heavy atom. The number of benzene rings is 1. The third kappa shape index (κ3) is 2.89. The molecule has 0 amide bonds. The van der Waals surface area contributed by atoms with Crippen molar-refractivity contribution in [2.24, 2.45) is 5.92 Å². The van der Waals surface area contributed by atoms with E-state index in [4.69, 9.17) is 0 Å². The number of anilines is 1. The molecule has 1 saturated heterocycles. The highest BCUT2D eigenvalue weighted by Gasteiger charge is 2.23. The number of nitrogens with zero attached hydrogens (tertiary/aromatic N) is 1. The van der Waals surface area contributed by atoms with Gasteiger partial charge < -0.3 is 4.90 Å². The molecule has 0 radical (unpaired) electrons. The number of carbonyl (C=O) groups is 1. The molecular formula is C14H18BrNO. The molecule has 0 N–H and O–H groups in total. The van der Waals surface area contributed by atoms with Gasteiger partial charge in [0.2, 0.25) is 0 Å². The molecule has 1 aromatic carbocycles. The first-order valence-corrected chi connectivity index (χ1v) is 7.03. The summed E-state index contributed by atoms with van der Waals surface area (Å²) in [6, 6.07) is 5.87. The number of hydrogen-bond donors (Lipinski definition) is 0. The van der Waals surface area contributed by atoms with Crippen molar-refractivity contribution in [2.45, 2.75) is 26.2 Å². The van der Waals surface area contributed by atoms with Gasteiger partial charge in [-0.2, -0.15) is 0 Å². The van der Waals surface area contributed by atoms with Gasteiger partial charge in [0.1, 0.15) is 0 Å². The fourth-order valence-electron chi connectivity index (χ4n) is 2.59. The molecule has 0 aliphatic carbocycles. The smallest absolute Gasteiger partial charge is 0.152 e. The fourth-order valence-corrected chi connectivity index (χ4v) is 2.93. The van der Waals surface area contributed by atoms with Crippen molar-refractivity contribution in [1.82, 2.24) is 0 Å². The second-order valence-corrected chi connectivity index (χ2v) is 5.63. The van der Waals surface area contributed by atoms with Crippen LogP contribution in [0.5, 0.6) is 0 Å². The van der Waals surface area contributed by atoms with E-state index in [0.29, 0.717) is 0 Å². The summed E-state index contributed by atoms with van der Waals surface area (Å²) < 4.78 is 1.04. The molecular weight excluding hydrogens is 278 g/mol. The summed E-state index contributed by atoms with van der Waals surface area (Å²) in [6.07, 6.45) is 4.74. The van der Waals surface area contributed by atoms with E-state index in [2.05, 4.69) is 33.8 Å². The second kappa shape index (κ2) is 5.67. The van der Waals surface area contributed by atoms with E-state index < -0.39 is 0 Å². The first kappa shape index (κ1) is 12.6. The van der Waals surface area contributed by atoms with Crippen LogP contribution < -0.4 is 4.90 Å². The average Bonchev–Trinajstić information content (AvgIpc) is 2.78. The maximum atomic E-state index is 11.1. The molecule has 0 spiro atoms. The van der Waals surface area contributed by atoms with E-state index in [1.54, 1.807) is 0 Å². The van der Waals surface area contributed by atoms with Gasteiger partial charge in [0, 0.05) is 28.8 Å². The van der Waals surface area contributed by atoms with Gasteiger partial charge in [0.15, 0.2) is 6.29 Å². The lowest BCUT2D eigenvalue weighted by Crippen LogP contribution is -2.21. The Kier molecular flexibility index (Phi) is 4.21. The van der Waals surface area contributed by atoms with Crippen LogP contribution in [0.4, 0.5) is 5.69 Å². The fraction of sp³-hybridized carbons (Fsp3) is 0.500. The van der Waals surface area contributed by atoms with Crippen LogP contribution in [0.3, 0.4) is 0 Å². The molecule has 1 atom stereocenters. The molecule has 17 heavy (non-hydrogen) atoms. The number of hydrogen-bond acceptors (Lipinski definition) is 2. The predicted octanol–water partition coefficient (Wildman–Crippen LogP) is 3.89. The van der Waals surface area contributed by atoms with E-state index in [-0.39, 0.29) is 0 Å². The summed E-state index contributed by atoms with van der Waals surface area (Å²) >= 11 is 3.48. The van der Waals surface area contributed by atoms with Crippen LogP contribution in [0.15, 0.2) is 22.7 Å². The zero-order valence-corrected chi connectivity index (χ0v) is 11.7. The van der Waals surface area contributed by atoms with Crippen LogP contribution in [0.2, 0.25) is 0 Å². The number of aldehydes is 1. The lowest BCUT2D eigenvalue weighted by Gasteiger charge is -2.20. The lowest BCUT2D eigenvalue weighted by molar-refractivity contribution is 0.112. The molecule has 1 heterocycles. The Morgan fingerprint density at radius 1 is 1.53 bits per heavy atom. The molecule has 3 heteroatoms. The van der Waals surface area contributed by atoms with Crippen molar-refractivity contribution in [1.29, 1.82) is 0 Å². The van der Waals surface area contributed by atoms with Crippen molar-refractivity contribution in [3.05, 3.63) is 28.2 Å². The molecule has 0 saturated carbocycles. The molecule has 1 unspecified atom stereocenters. The summed E-state index contributed by atoms with van der Waals surface area (Å²) in [5.74, 6) is 0.790. The molecule has 2 rings (SSSR count). The van der Waals surface area contributed by atoms with Gasteiger partial charge in [-0.25, -0.2) is 0 Å². The molecule has 0 aromatic heterocycles. The third-order valence-electron chi connectivity index (χ3n) is 3.44. The SMILES string of the molecule is CCCC1CCN(c2cc(Br)ccc2C=O)C1. The first-order chi connectivity index (χ1) is 8.24. The molecule has 0 bridgehead atoms. The van der Waals surface area contributed by atoms with Crippen molar-refractivity contribution >= 4 is 27.9 Å². The predicted molar refractivity (Wildman–Crippen MR) is 74.8 cm³/mol. The molecule has 2 nitrogen and oxygen atoms in total. The van der Waals surface area contributed by atoms with Crippen LogP contribution in [0.25, 0.3) is 0 Å². The largest absolute Gasteiger partial charge is 0.371 e. The summed E-state index contributed by atoms with van der Waals surface area (Å²) in [7, 11) is 0. The molecule has 92 valence electrons. The topological polar surface area (TPSA) is 20.3 Å². The van der Waals surface area contributed by atoms with Gasteiger partial charge in [-0.3, -0.25) is 4.79 Å². The summed E-state index contributed by atoms with van der Waals surface area (Å²) in [5.41, 5.74) is 1.87. The van der Waals surface area contributed by atoms with Crippen LogP contribution in [-0.2, 0) is 0 Å². The van der Waals surface area contributed by atoms with Gasteiger partial charge in [0.05, 0.1) is 0 Å². The normalized spacial score (nSPS) is 19.6. The quantitative estimate of drug-likeness (QED) is 0.786. The third-order valence-corrected chi connectivity index (χ3v) is 3.94. The van der Waals surface area contributed by atoms with E-state index in [0.717, 1.165) is 41.0 Å². The number of rotatable bonds is 4. The van der Waals surface area contributed by atoms with Crippen molar-refractivity contribution in [3.63, 3.8) is 0 Å². The highest BCUT2D eigenvalue weighted by atomic mass is 79.9. The summed E-state index contributed by atoms with van der Waals surface area (Å²) in [6.45, 7) is 4.39. The van der Waals surface area contributed by atoms with Crippen molar-refractivity contribution in [3.8, 4) is 0 Å². The molecule has 1 fully saturated rings.